The number of aromatic nitrogens is 3. The van der Waals surface area contributed by atoms with E-state index in [1.807, 2.05) is 85.6 Å². The number of phenols is 1. The molecule has 0 spiro atoms. The van der Waals surface area contributed by atoms with Gasteiger partial charge in [0.1, 0.15) is 17.3 Å². The van der Waals surface area contributed by atoms with Crippen LogP contribution >= 0.6 is 0 Å². The fraction of sp³-hybridized carbons (Fsp3) is 0.115. The molecular formula is C26H22N4O2. The number of rotatable bonds is 5. The Bertz CT molecular complexity index is 1400. The Morgan fingerprint density at radius 1 is 0.906 bits per heavy atom. The number of phenolic OH excluding ortho intramolecular Hbond substituents is 1. The molecule has 2 aromatic heterocycles. The predicted octanol–water partition coefficient (Wildman–Crippen LogP) is 5.60. The van der Waals surface area contributed by atoms with Crippen LogP contribution in [-0.4, -0.2) is 27.3 Å². The van der Waals surface area contributed by atoms with Crippen molar-refractivity contribution in [3.8, 4) is 28.4 Å². The lowest BCUT2D eigenvalue weighted by atomic mass is 10.1. The van der Waals surface area contributed by atoms with E-state index in [1.165, 1.54) is 0 Å². The Morgan fingerprint density at radius 3 is 2.50 bits per heavy atom. The van der Waals surface area contributed by atoms with E-state index in [-0.39, 0.29) is 5.75 Å². The van der Waals surface area contributed by atoms with Gasteiger partial charge in [0.25, 0.3) is 0 Å². The lowest BCUT2D eigenvalue weighted by Crippen LogP contribution is -2.18. The highest BCUT2D eigenvalue weighted by molar-refractivity contribution is 5.91. The molecule has 0 atom stereocenters. The van der Waals surface area contributed by atoms with Crippen molar-refractivity contribution in [1.82, 2.24) is 15.1 Å². The minimum Gasteiger partial charge on any atom is -0.507 e. The second-order valence-electron chi connectivity index (χ2n) is 7.81. The number of hydrogen-bond donors (Lipinski definition) is 1. The van der Waals surface area contributed by atoms with Gasteiger partial charge < -0.3 is 14.5 Å². The first-order valence-electron chi connectivity index (χ1n) is 10.4. The number of benzene rings is 3. The molecule has 5 aromatic rings. The maximum Gasteiger partial charge on any atom is 0.165 e. The molecule has 1 N–H and O–H groups in total. The second-order valence-corrected chi connectivity index (χ2v) is 7.81. The van der Waals surface area contributed by atoms with Gasteiger partial charge in [0, 0.05) is 24.1 Å². The Labute approximate surface area is 185 Å². The van der Waals surface area contributed by atoms with Gasteiger partial charge in [0.2, 0.25) is 0 Å². The molecule has 6 heteroatoms. The molecule has 0 saturated carbocycles. The first-order chi connectivity index (χ1) is 15.6. The van der Waals surface area contributed by atoms with Crippen LogP contribution in [0.2, 0.25) is 0 Å². The van der Waals surface area contributed by atoms with Gasteiger partial charge in [-0.1, -0.05) is 53.7 Å². The quantitative estimate of drug-likeness (QED) is 0.397. The smallest absolute Gasteiger partial charge is 0.165 e. The molecule has 3 aromatic carbocycles. The fourth-order valence-electron chi connectivity index (χ4n) is 3.74. The third-order valence-electron chi connectivity index (χ3n) is 5.36. The van der Waals surface area contributed by atoms with E-state index >= 15 is 0 Å². The minimum absolute atomic E-state index is 0.149. The van der Waals surface area contributed by atoms with Crippen LogP contribution in [0.25, 0.3) is 33.5 Å². The van der Waals surface area contributed by atoms with Crippen molar-refractivity contribution in [3.05, 3.63) is 90.2 Å². The molecule has 32 heavy (non-hydrogen) atoms. The number of fused-ring (bicyclic) bond motifs is 1. The lowest BCUT2D eigenvalue weighted by molar-refractivity contribution is 0.385. The summed E-state index contributed by atoms with van der Waals surface area (Å²) in [7, 11) is 1.96. The molecule has 0 fully saturated rings. The molecule has 0 bridgehead atoms. The van der Waals surface area contributed by atoms with Crippen molar-refractivity contribution in [2.45, 2.75) is 13.5 Å². The summed E-state index contributed by atoms with van der Waals surface area (Å²) in [5.74, 6) is 2.11. The maximum atomic E-state index is 10.3. The zero-order valence-corrected chi connectivity index (χ0v) is 17.9. The summed E-state index contributed by atoms with van der Waals surface area (Å²) in [6, 6.07) is 25.1. The van der Waals surface area contributed by atoms with Crippen molar-refractivity contribution in [1.29, 1.82) is 0 Å². The van der Waals surface area contributed by atoms with Crippen molar-refractivity contribution in [3.63, 3.8) is 0 Å². The van der Waals surface area contributed by atoms with Crippen LogP contribution < -0.4 is 4.90 Å². The molecule has 0 aliphatic carbocycles. The zero-order chi connectivity index (χ0) is 22.1. The molecule has 0 saturated heterocycles. The van der Waals surface area contributed by atoms with Crippen molar-refractivity contribution >= 4 is 16.7 Å². The van der Waals surface area contributed by atoms with Crippen LogP contribution in [0.15, 0.2) is 83.4 Å². The van der Waals surface area contributed by atoms with E-state index in [9.17, 15) is 5.11 Å². The van der Waals surface area contributed by atoms with Crippen LogP contribution in [0.4, 0.5) is 5.82 Å². The van der Waals surface area contributed by atoms with E-state index < -0.39 is 0 Å². The predicted molar refractivity (Wildman–Crippen MR) is 125 cm³/mol. The molecule has 6 nitrogen and oxygen atoms in total. The Hall–Kier alpha value is -4.19. The highest BCUT2D eigenvalue weighted by Crippen LogP contribution is 2.32. The van der Waals surface area contributed by atoms with Gasteiger partial charge in [-0.25, -0.2) is 9.97 Å². The van der Waals surface area contributed by atoms with Gasteiger partial charge in [-0.3, -0.25) is 0 Å². The second kappa shape index (κ2) is 8.15. The molecule has 0 aliphatic rings. The summed E-state index contributed by atoms with van der Waals surface area (Å²) >= 11 is 0. The zero-order valence-electron chi connectivity index (χ0n) is 17.9. The van der Waals surface area contributed by atoms with E-state index in [0.717, 1.165) is 39.3 Å². The van der Waals surface area contributed by atoms with Gasteiger partial charge in [0.15, 0.2) is 11.6 Å². The summed E-state index contributed by atoms with van der Waals surface area (Å²) in [5.41, 5.74) is 4.33. The van der Waals surface area contributed by atoms with Gasteiger partial charge in [-0.2, -0.15) is 0 Å². The van der Waals surface area contributed by atoms with Gasteiger partial charge in [-0.05, 0) is 36.8 Å². The minimum atomic E-state index is 0.149. The van der Waals surface area contributed by atoms with Crippen LogP contribution in [0, 0.1) is 6.92 Å². The van der Waals surface area contributed by atoms with Crippen LogP contribution in [-0.2, 0) is 6.54 Å². The summed E-state index contributed by atoms with van der Waals surface area (Å²) in [6.45, 7) is 2.52. The Balaban J connectivity index is 1.54. The standard InChI is InChI=1S/C26H22N4O2/c1-17-12-13-20-23(14-17)27-25(21-10-6-7-11-24(21)31)28-26(20)30(2)16-19-15-22(29-32-19)18-8-4-3-5-9-18/h3-15,31H,16H2,1-2H3. The average Bonchev–Trinajstić information content (AvgIpc) is 3.27. The van der Waals surface area contributed by atoms with Crippen LogP contribution in [0.1, 0.15) is 11.3 Å². The number of hydrogen-bond acceptors (Lipinski definition) is 6. The molecule has 0 unspecified atom stereocenters. The normalized spacial score (nSPS) is 11.1. The maximum absolute atomic E-state index is 10.3. The van der Waals surface area contributed by atoms with E-state index in [1.54, 1.807) is 12.1 Å². The topological polar surface area (TPSA) is 75.3 Å². The Morgan fingerprint density at radius 2 is 1.69 bits per heavy atom. The molecule has 2 heterocycles. The average molecular weight is 422 g/mol. The van der Waals surface area contributed by atoms with Crippen molar-refractivity contribution in [2.75, 3.05) is 11.9 Å². The molecule has 0 aliphatic heterocycles. The number of aryl methyl sites for hydroxylation is 1. The molecular weight excluding hydrogens is 400 g/mol. The lowest BCUT2D eigenvalue weighted by Gasteiger charge is -2.19. The third kappa shape index (κ3) is 3.78. The molecule has 0 radical (unpaired) electrons. The highest BCUT2D eigenvalue weighted by atomic mass is 16.5. The highest BCUT2D eigenvalue weighted by Gasteiger charge is 2.17. The van der Waals surface area contributed by atoms with Gasteiger partial charge >= 0.3 is 0 Å². The molecule has 0 amide bonds. The largest absolute Gasteiger partial charge is 0.507 e. The molecule has 5 rings (SSSR count). The monoisotopic (exact) mass is 422 g/mol. The number of anilines is 1. The van der Waals surface area contributed by atoms with Crippen LogP contribution in [0.3, 0.4) is 0 Å². The SMILES string of the molecule is Cc1ccc2c(N(C)Cc3cc(-c4ccccc4)no3)nc(-c3ccccc3O)nc2c1. The third-order valence-corrected chi connectivity index (χ3v) is 5.36. The van der Waals surface area contributed by atoms with E-state index in [2.05, 4.69) is 5.16 Å². The van der Waals surface area contributed by atoms with Gasteiger partial charge in [0.05, 0.1) is 17.6 Å². The first kappa shape index (κ1) is 19.8. The molecule has 158 valence electrons. The van der Waals surface area contributed by atoms with Crippen molar-refractivity contribution in [2.24, 2.45) is 0 Å². The van der Waals surface area contributed by atoms with Crippen molar-refractivity contribution < 1.29 is 9.63 Å². The summed E-state index contributed by atoms with van der Waals surface area (Å²) < 4.78 is 5.60. The van der Waals surface area contributed by atoms with E-state index in [0.29, 0.717) is 17.9 Å². The van der Waals surface area contributed by atoms with E-state index in [4.69, 9.17) is 14.5 Å². The first-order valence-corrected chi connectivity index (χ1v) is 10.4. The van der Waals surface area contributed by atoms with Gasteiger partial charge in [-0.15, -0.1) is 0 Å². The number of aromatic hydroxyl groups is 1. The number of para-hydroxylation sites is 1. The Kier molecular flexibility index (Phi) is 5.03. The summed E-state index contributed by atoms with van der Waals surface area (Å²) in [5, 5.41) is 15.5. The number of nitrogens with zero attached hydrogens (tertiary/aromatic N) is 4. The fourth-order valence-corrected chi connectivity index (χ4v) is 3.74. The summed E-state index contributed by atoms with van der Waals surface area (Å²) in [4.78, 5) is 11.6. The van der Waals surface area contributed by atoms with Crippen LogP contribution in [0.5, 0.6) is 5.75 Å². The summed E-state index contributed by atoms with van der Waals surface area (Å²) in [6.07, 6.45) is 0.